The second-order valence-electron chi connectivity index (χ2n) is 2.22. The summed E-state index contributed by atoms with van der Waals surface area (Å²) in [6, 6.07) is 0. The minimum Gasteiger partial charge on any atom is -0.413 e. The van der Waals surface area contributed by atoms with Gasteiger partial charge in [-0.2, -0.15) is 5.48 Å². The Bertz CT molecular complexity index is 109. The second-order valence-corrected chi connectivity index (χ2v) is 2.22. The van der Waals surface area contributed by atoms with Crippen molar-refractivity contribution in [2.75, 3.05) is 6.54 Å². The van der Waals surface area contributed by atoms with E-state index in [2.05, 4.69) is 18.5 Å². The first-order valence-electron chi connectivity index (χ1n) is 3.52. The van der Waals surface area contributed by atoms with Gasteiger partial charge in [0.1, 0.15) is 5.76 Å². The summed E-state index contributed by atoms with van der Waals surface area (Å²) in [7, 11) is 0. The first kappa shape index (κ1) is 6.62. The van der Waals surface area contributed by atoms with Gasteiger partial charge in [0.05, 0.1) is 6.54 Å². The summed E-state index contributed by atoms with van der Waals surface area (Å²) in [6.45, 7) is 3.06. The van der Waals surface area contributed by atoms with Crippen LogP contribution < -0.4 is 5.48 Å². The summed E-state index contributed by atoms with van der Waals surface area (Å²) >= 11 is 0. The minimum absolute atomic E-state index is 0.874. The maximum atomic E-state index is 5.07. The fourth-order valence-electron chi connectivity index (χ4n) is 0.836. The van der Waals surface area contributed by atoms with Crippen molar-refractivity contribution in [3.63, 3.8) is 0 Å². The molecule has 0 aromatic carbocycles. The molecule has 0 saturated heterocycles. The zero-order chi connectivity index (χ0) is 6.53. The van der Waals surface area contributed by atoms with Crippen LogP contribution in [-0.2, 0) is 4.84 Å². The van der Waals surface area contributed by atoms with E-state index >= 15 is 0 Å². The summed E-state index contributed by atoms with van der Waals surface area (Å²) in [5.74, 6) is 1.11. The molecular formula is C7H13NO. The van der Waals surface area contributed by atoms with E-state index in [1.807, 2.05) is 0 Å². The largest absolute Gasteiger partial charge is 0.413 e. The normalized spacial score (nSPS) is 17.2. The molecule has 0 unspecified atom stereocenters. The van der Waals surface area contributed by atoms with Crippen LogP contribution in [0.15, 0.2) is 11.8 Å². The highest BCUT2D eigenvalue weighted by Gasteiger charge is 2.02. The number of hydrogen-bond donors (Lipinski definition) is 1. The highest BCUT2D eigenvalue weighted by Crippen LogP contribution is 2.09. The summed E-state index contributed by atoms with van der Waals surface area (Å²) in [4.78, 5) is 5.07. The van der Waals surface area contributed by atoms with Gasteiger partial charge in [0.2, 0.25) is 0 Å². The maximum absolute atomic E-state index is 5.07. The third kappa shape index (κ3) is 2.06. The Balaban J connectivity index is 2.11. The highest BCUT2D eigenvalue weighted by molar-refractivity contribution is 4.97. The molecule has 0 atom stereocenters. The van der Waals surface area contributed by atoms with Crippen LogP contribution in [0.2, 0.25) is 0 Å². The maximum Gasteiger partial charge on any atom is 0.121 e. The molecule has 1 aliphatic rings. The van der Waals surface area contributed by atoms with Gasteiger partial charge in [0.15, 0.2) is 0 Å². The fourth-order valence-corrected chi connectivity index (χ4v) is 0.836. The van der Waals surface area contributed by atoms with Crippen LogP contribution in [0.4, 0.5) is 0 Å². The van der Waals surface area contributed by atoms with Gasteiger partial charge in [-0.25, -0.2) is 0 Å². The lowest BCUT2D eigenvalue weighted by molar-refractivity contribution is 0.131. The molecular weight excluding hydrogens is 114 g/mol. The van der Waals surface area contributed by atoms with Gasteiger partial charge in [-0.15, -0.1) is 0 Å². The lowest BCUT2D eigenvalue weighted by Crippen LogP contribution is -2.04. The summed E-state index contributed by atoms with van der Waals surface area (Å²) in [5.41, 5.74) is 2.79. The SMILES string of the molecule is CCCCC1=CCNO1. The molecule has 0 spiro atoms. The zero-order valence-electron chi connectivity index (χ0n) is 5.81. The van der Waals surface area contributed by atoms with Gasteiger partial charge in [-0.1, -0.05) is 13.3 Å². The van der Waals surface area contributed by atoms with E-state index in [4.69, 9.17) is 4.84 Å². The zero-order valence-corrected chi connectivity index (χ0v) is 5.81. The van der Waals surface area contributed by atoms with E-state index in [0.717, 1.165) is 18.7 Å². The van der Waals surface area contributed by atoms with Gasteiger partial charge >= 0.3 is 0 Å². The van der Waals surface area contributed by atoms with Gasteiger partial charge in [0, 0.05) is 6.42 Å². The Hall–Kier alpha value is -0.500. The van der Waals surface area contributed by atoms with Gasteiger partial charge in [-0.05, 0) is 12.5 Å². The second kappa shape index (κ2) is 3.51. The Morgan fingerprint density at radius 1 is 1.78 bits per heavy atom. The summed E-state index contributed by atoms with van der Waals surface area (Å²) in [5, 5.41) is 0. The molecule has 1 heterocycles. The quantitative estimate of drug-likeness (QED) is 0.621. The van der Waals surface area contributed by atoms with E-state index < -0.39 is 0 Å². The van der Waals surface area contributed by atoms with E-state index in [1.54, 1.807) is 0 Å². The monoisotopic (exact) mass is 127 g/mol. The van der Waals surface area contributed by atoms with Crippen LogP contribution in [0, 0.1) is 0 Å². The number of hydrogen-bond acceptors (Lipinski definition) is 2. The van der Waals surface area contributed by atoms with Crippen LogP contribution >= 0.6 is 0 Å². The number of nitrogens with one attached hydrogen (secondary N) is 1. The minimum atomic E-state index is 0.874. The summed E-state index contributed by atoms with van der Waals surface area (Å²) in [6.07, 6.45) is 5.65. The predicted octanol–water partition coefficient (Wildman–Crippen LogP) is 1.60. The van der Waals surface area contributed by atoms with Crippen LogP contribution in [0.5, 0.6) is 0 Å². The van der Waals surface area contributed by atoms with Crippen LogP contribution in [0.25, 0.3) is 0 Å². The number of allylic oxidation sites excluding steroid dienone is 1. The number of unbranched alkanes of at least 4 members (excludes halogenated alkanes) is 1. The van der Waals surface area contributed by atoms with Crippen molar-refractivity contribution in [3.8, 4) is 0 Å². The van der Waals surface area contributed by atoms with Crippen LogP contribution in [0.3, 0.4) is 0 Å². The van der Waals surface area contributed by atoms with Gasteiger partial charge in [0.25, 0.3) is 0 Å². The molecule has 52 valence electrons. The summed E-state index contributed by atoms with van der Waals surface area (Å²) < 4.78 is 0. The molecule has 1 aliphatic heterocycles. The van der Waals surface area contributed by atoms with Crippen molar-refractivity contribution in [3.05, 3.63) is 11.8 Å². The molecule has 0 aromatic rings. The van der Waals surface area contributed by atoms with Gasteiger partial charge < -0.3 is 4.84 Å². The van der Waals surface area contributed by atoms with Crippen molar-refractivity contribution in [2.45, 2.75) is 26.2 Å². The Kier molecular flexibility index (Phi) is 2.58. The molecule has 1 rings (SSSR count). The molecule has 0 aliphatic carbocycles. The molecule has 2 nitrogen and oxygen atoms in total. The topological polar surface area (TPSA) is 21.3 Å². The number of rotatable bonds is 3. The molecule has 0 radical (unpaired) electrons. The molecule has 0 saturated carbocycles. The van der Waals surface area contributed by atoms with Crippen molar-refractivity contribution < 1.29 is 4.84 Å². The van der Waals surface area contributed by atoms with Gasteiger partial charge in [-0.3, -0.25) is 0 Å². The third-order valence-corrected chi connectivity index (χ3v) is 1.39. The Morgan fingerprint density at radius 3 is 3.22 bits per heavy atom. The van der Waals surface area contributed by atoms with E-state index in [0.29, 0.717) is 0 Å². The molecule has 2 heteroatoms. The first-order valence-corrected chi connectivity index (χ1v) is 3.52. The van der Waals surface area contributed by atoms with Crippen molar-refractivity contribution in [1.29, 1.82) is 0 Å². The van der Waals surface area contributed by atoms with E-state index in [1.165, 1.54) is 12.8 Å². The highest BCUT2D eigenvalue weighted by atomic mass is 16.7. The average Bonchev–Trinajstić information content (AvgIpc) is 2.34. The van der Waals surface area contributed by atoms with E-state index in [-0.39, 0.29) is 0 Å². The molecule has 0 amide bonds. The standard InChI is InChI=1S/C7H13NO/c1-2-3-4-7-5-6-8-9-7/h5,8H,2-4,6H2,1H3. The van der Waals surface area contributed by atoms with Crippen LogP contribution in [0.1, 0.15) is 26.2 Å². The predicted molar refractivity (Wildman–Crippen MR) is 36.7 cm³/mol. The molecule has 0 aromatic heterocycles. The Labute approximate surface area is 55.9 Å². The van der Waals surface area contributed by atoms with Crippen LogP contribution in [-0.4, -0.2) is 6.54 Å². The van der Waals surface area contributed by atoms with Crippen molar-refractivity contribution in [1.82, 2.24) is 5.48 Å². The third-order valence-electron chi connectivity index (χ3n) is 1.39. The molecule has 9 heavy (non-hydrogen) atoms. The fraction of sp³-hybridized carbons (Fsp3) is 0.714. The molecule has 0 bridgehead atoms. The van der Waals surface area contributed by atoms with Crippen molar-refractivity contribution in [2.24, 2.45) is 0 Å². The average molecular weight is 127 g/mol. The Morgan fingerprint density at radius 2 is 2.67 bits per heavy atom. The molecule has 1 N–H and O–H groups in total. The lowest BCUT2D eigenvalue weighted by atomic mass is 10.2. The smallest absolute Gasteiger partial charge is 0.121 e. The number of hydroxylamine groups is 1. The van der Waals surface area contributed by atoms with Crippen molar-refractivity contribution >= 4 is 0 Å². The lowest BCUT2D eigenvalue weighted by Gasteiger charge is -1.99. The first-order chi connectivity index (χ1) is 4.43. The molecule has 0 fully saturated rings. The van der Waals surface area contributed by atoms with E-state index in [9.17, 15) is 0 Å².